The Balaban J connectivity index is 1.01. The van der Waals surface area contributed by atoms with Crippen molar-refractivity contribution < 1.29 is 30.9 Å². The average Bonchev–Trinajstić information content (AvgIpc) is 3.32. The van der Waals surface area contributed by atoms with Crippen LogP contribution in [0, 0.1) is 34.9 Å². The molecular weight excluding hydrogens is 816 g/mol. The lowest BCUT2D eigenvalue weighted by atomic mass is 9.95. The van der Waals surface area contributed by atoms with Crippen LogP contribution in [0.3, 0.4) is 0 Å². The van der Waals surface area contributed by atoms with Gasteiger partial charge in [-0.15, -0.1) is 0 Å². The summed E-state index contributed by atoms with van der Waals surface area (Å²) in [7, 11) is -3.21. The summed E-state index contributed by atoms with van der Waals surface area (Å²) < 4.78 is 106. The van der Waals surface area contributed by atoms with Gasteiger partial charge < -0.3 is 4.57 Å². The fourth-order valence-corrected chi connectivity index (χ4v) is 9.95. The maximum absolute atomic E-state index is 15.9. The molecule has 0 aliphatic heterocycles. The molecule has 0 spiro atoms. The molecule has 8 aromatic carbocycles. The number of benzene rings is 8. The summed E-state index contributed by atoms with van der Waals surface area (Å²) in [4.78, 5) is 13.5. The van der Waals surface area contributed by atoms with Crippen molar-refractivity contribution in [3.63, 3.8) is 0 Å². The van der Waals surface area contributed by atoms with Gasteiger partial charge in [-0.3, -0.25) is 0 Å². The highest BCUT2D eigenvalue weighted by Crippen LogP contribution is 2.43. The van der Waals surface area contributed by atoms with E-state index in [1.165, 1.54) is 84.9 Å². The van der Waals surface area contributed by atoms with Gasteiger partial charge in [-0.05, 0) is 70.8 Å². The second-order valence-corrected chi connectivity index (χ2v) is 17.1. The van der Waals surface area contributed by atoms with Crippen molar-refractivity contribution in [2.24, 2.45) is 0 Å². The molecule has 1 aromatic heterocycles. The zero-order chi connectivity index (χ0) is 43.0. The smallest absolute Gasteiger partial charge is 0.171 e. The lowest BCUT2D eigenvalue weighted by molar-refractivity contribution is 0.463. The van der Waals surface area contributed by atoms with Gasteiger partial charge in [-0.2, -0.15) is 0 Å². The second kappa shape index (κ2) is 16.6. The van der Waals surface area contributed by atoms with Crippen LogP contribution in [0.1, 0.15) is 0 Å². The molecular formula is C51H30F6N3OP. The van der Waals surface area contributed by atoms with Gasteiger partial charge in [0.15, 0.2) is 47.9 Å². The Labute approximate surface area is 352 Å². The molecule has 1 heterocycles. The van der Waals surface area contributed by atoms with E-state index in [4.69, 9.17) is 0 Å². The van der Waals surface area contributed by atoms with Gasteiger partial charge in [0.2, 0.25) is 0 Å². The molecule has 11 heteroatoms. The third-order valence-electron chi connectivity index (χ3n) is 10.5. The first-order chi connectivity index (χ1) is 30.1. The van der Waals surface area contributed by atoms with Crippen molar-refractivity contribution in [2.45, 2.75) is 0 Å². The average molecular weight is 846 g/mol. The largest absolute Gasteiger partial charge is 0.309 e. The van der Waals surface area contributed by atoms with E-state index in [0.717, 1.165) is 5.56 Å². The topological polar surface area (TPSA) is 55.7 Å². The zero-order valence-corrected chi connectivity index (χ0v) is 33.2. The summed E-state index contributed by atoms with van der Waals surface area (Å²) in [5, 5.41) is 1.99. The third-order valence-corrected chi connectivity index (χ3v) is 13.6. The Morgan fingerprint density at radius 1 is 0.290 bits per heavy atom. The quantitative estimate of drug-likeness (QED) is 0.0825. The van der Waals surface area contributed by atoms with Gasteiger partial charge in [-0.25, -0.2) is 41.3 Å². The van der Waals surface area contributed by atoms with E-state index >= 15 is 17.6 Å². The maximum Gasteiger partial charge on any atom is 0.171 e. The van der Waals surface area contributed by atoms with Crippen LogP contribution in [0.25, 0.3) is 67.5 Å². The van der Waals surface area contributed by atoms with E-state index in [9.17, 15) is 13.3 Å². The van der Waals surface area contributed by atoms with E-state index < -0.39 is 53.2 Å². The van der Waals surface area contributed by atoms with Crippen LogP contribution in [0.4, 0.5) is 26.3 Å². The molecule has 302 valence electrons. The Hall–Kier alpha value is -7.42. The van der Waals surface area contributed by atoms with Crippen LogP contribution < -0.4 is 15.9 Å². The summed E-state index contributed by atoms with van der Waals surface area (Å²) >= 11 is 0. The first-order valence-electron chi connectivity index (χ1n) is 19.3. The monoisotopic (exact) mass is 845 g/mol. The van der Waals surface area contributed by atoms with E-state index in [1.807, 2.05) is 60.7 Å². The highest BCUT2D eigenvalue weighted by atomic mass is 31.2. The molecule has 0 amide bonds. The van der Waals surface area contributed by atoms with Crippen molar-refractivity contribution >= 4 is 23.1 Å². The maximum atomic E-state index is 15.9. The summed E-state index contributed by atoms with van der Waals surface area (Å²) in [6.07, 6.45) is 0. The van der Waals surface area contributed by atoms with Crippen LogP contribution >= 0.6 is 7.14 Å². The fraction of sp³-hybridized carbons (Fsp3) is 0. The molecule has 0 aliphatic rings. The molecule has 62 heavy (non-hydrogen) atoms. The van der Waals surface area contributed by atoms with Gasteiger partial charge in [0.25, 0.3) is 0 Å². The molecule has 0 radical (unpaired) electrons. The predicted molar refractivity (Wildman–Crippen MR) is 232 cm³/mol. The molecule has 9 rings (SSSR count). The Bertz CT molecular complexity index is 2980. The minimum atomic E-state index is -3.21. The molecule has 0 bridgehead atoms. The molecule has 4 nitrogen and oxygen atoms in total. The lowest BCUT2D eigenvalue weighted by Crippen LogP contribution is -2.24. The minimum Gasteiger partial charge on any atom is -0.309 e. The van der Waals surface area contributed by atoms with Crippen LogP contribution in [0.5, 0.6) is 0 Å². The van der Waals surface area contributed by atoms with Gasteiger partial charge in [0, 0.05) is 32.6 Å². The highest BCUT2D eigenvalue weighted by molar-refractivity contribution is 7.85. The van der Waals surface area contributed by atoms with Crippen molar-refractivity contribution in [1.29, 1.82) is 0 Å². The normalized spacial score (nSPS) is 11.5. The molecule has 0 N–H and O–H groups in total. The number of halogens is 6. The van der Waals surface area contributed by atoms with Gasteiger partial charge in [0.05, 0.1) is 11.1 Å². The number of nitrogens with zero attached hydrogens (tertiary/aromatic N) is 3. The highest BCUT2D eigenvalue weighted by Gasteiger charge is 2.30. The van der Waals surface area contributed by atoms with E-state index in [-0.39, 0.29) is 28.6 Å². The van der Waals surface area contributed by atoms with E-state index in [2.05, 4.69) is 15.0 Å². The van der Waals surface area contributed by atoms with Crippen molar-refractivity contribution in [2.75, 3.05) is 0 Å². The Kier molecular flexibility index (Phi) is 10.7. The van der Waals surface area contributed by atoms with Gasteiger partial charge >= 0.3 is 0 Å². The van der Waals surface area contributed by atoms with Crippen LogP contribution in [0.2, 0.25) is 0 Å². The molecule has 0 saturated heterocycles. The fourth-order valence-electron chi connectivity index (χ4n) is 7.30. The van der Waals surface area contributed by atoms with Crippen LogP contribution in [-0.2, 0) is 4.57 Å². The van der Waals surface area contributed by atoms with Gasteiger partial charge in [0.1, 0.15) is 11.6 Å². The molecule has 0 fully saturated rings. The third kappa shape index (κ3) is 7.50. The van der Waals surface area contributed by atoms with Crippen LogP contribution in [-0.4, -0.2) is 15.0 Å². The predicted octanol–water partition coefficient (Wildman–Crippen LogP) is 12.3. The standard InChI is InChI=1S/C51H30F6N3OP/c52-38-25-19-36(20-26-38)50-58-49(59-51(60-50)37-21-27-39(53)28-22-37)35-17-15-34(16-18-35)44-47(56)45(54)43(46(55)48(44)57)33-13-11-31(12-14-33)32-23-29-42(30-24-32)62(61,40-7-3-1-4-8-40)41-9-5-2-6-10-41/h1-30H. The first kappa shape index (κ1) is 40.0. The SMILES string of the molecule is O=P(c1ccccc1)(c1ccccc1)c1ccc(-c2ccc(-c3c(F)c(F)c(-c4ccc(-c5nc(-c6ccc(F)cc6)nc(-c6ccc(F)cc6)n5)cc4)c(F)c3F)cc2)cc1. The Morgan fingerprint density at radius 2 is 0.548 bits per heavy atom. The molecule has 0 saturated carbocycles. The number of aromatic nitrogens is 3. The summed E-state index contributed by atoms with van der Waals surface area (Å²) in [5.41, 5.74) is 0.669. The van der Waals surface area contributed by atoms with Crippen molar-refractivity contribution in [3.05, 3.63) is 217 Å². The molecule has 0 atom stereocenters. The molecule has 9 aromatic rings. The van der Waals surface area contributed by atoms with Crippen molar-refractivity contribution in [1.82, 2.24) is 15.0 Å². The second-order valence-electron chi connectivity index (χ2n) is 14.3. The molecule has 0 aliphatic carbocycles. The van der Waals surface area contributed by atoms with Gasteiger partial charge in [-0.1, -0.05) is 133 Å². The molecule has 0 unspecified atom stereocenters. The minimum absolute atomic E-state index is 0.0820. The Morgan fingerprint density at radius 3 is 0.887 bits per heavy atom. The van der Waals surface area contributed by atoms with E-state index in [0.29, 0.717) is 38.2 Å². The summed E-state index contributed by atoms with van der Waals surface area (Å²) in [5.74, 6) is -6.75. The lowest BCUT2D eigenvalue weighted by Gasteiger charge is -2.20. The van der Waals surface area contributed by atoms with E-state index in [1.54, 1.807) is 36.4 Å². The van der Waals surface area contributed by atoms with Crippen LogP contribution in [0.15, 0.2) is 182 Å². The number of hydrogen-bond donors (Lipinski definition) is 0. The summed E-state index contributed by atoms with van der Waals surface area (Å²) in [6, 6.07) is 47.9. The van der Waals surface area contributed by atoms with Crippen molar-refractivity contribution in [3.8, 4) is 67.5 Å². The number of rotatable bonds is 9. The number of hydrogen-bond acceptors (Lipinski definition) is 4. The summed E-state index contributed by atoms with van der Waals surface area (Å²) in [6.45, 7) is 0. The zero-order valence-electron chi connectivity index (χ0n) is 32.3. The first-order valence-corrected chi connectivity index (χ1v) is 21.0.